The monoisotopic (exact) mass is 252 g/mol. The normalized spacial score (nSPS) is 10.2. The van der Waals surface area contributed by atoms with Crippen LogP contribution in [0.1, 0.15) is 16.1 Å². The van der Waals surface area contributed by atoms with Gasteiger partial charge in [0, 0.05) is 6.07 Å². The maximum atomic E-state index is 11.7. The molecule has 2 rings (SSSR count). The second-order valence-corrected chi connectivity index (χ2v) is 3.73. The van der Waals surface area contributed by atoms with Gasteiger partial charge in [0.15, 0.2) is 5.76 Å². The zero-order valence-corrected chi connectivity index (χ0v) is 9.44. The van der Waals surface area contributed by atoms with Crippen molar-refractivity contribution in [2.45, 2.75) is 6.54 Å². The molecule has 1 aromatic carbocycles. The van der Waals surface area contributed by atoms with Gasteiger partial charge in [-0.15, -0.1) is 0 Å². The van der Waals surface area contributed by atoms with Crippen molar-refractivity contribution in [2.75, 3.05) is 0 Å². The fourth-order valence-electron chi connectivity index (χ4n) is 1.28. The highest BCUT2D eigenvalue weighted by atomic mass is 35.5. The van der Waals surface area contributed by atoms with Crippen molar-refractivity contribution in [1.29, 1.82) is 0 Å². The quantitative estimate of drug-likeness (QED) is 0.876. The SMILES string of the molecule is O=C(NCc1ccno1)c1cc(O)ccc1Cl. The van der Waals surface area contributed by atoms with Gasteiger partial charge < -0.3 is 14.9 Å². The fourth-order valence-corrected chi connectivity index (χ4v) is 1.49. The van der Waals surface area contributed by atoms with Gasteiger partial charge in [-0.1, -0.05) is 16.8 Å². The van der Waals surface area contributed by atoms with Gasteiger partial charge in [-0.2, -0.15) is 0 Å². The predicted octanol–water partition coefficient (Wildman–Crippen LogP) is 1.96. The summed E-state index contributed by atoms with van der Waals surface area (Å²) in [6.07, 6.45) is 1.49. The first kappa shape index (κ1) is 11.5. The summed E-state index contributed by atoms with van der Waals surface area (Å²) < 4.78 is 4.83. The molecule has 1 heterocycles. The summed E-state index contributed by atoms with van der Waals surface area (Å²) in [6.45, 7) is 0.213. The summed E-state index contributed by atoms with van der Waals surface area (Å²) in [5, 5.41) is 15.7. The van der Waals surface area contributed by atoms with Gasteiger partial charge in [-0.3, -0.25) is 4.79 Å². The van der Waals surface area contributed by atoms with Crippen LogP contribution >= 0.6 is 11.6 Å². The average molecular weight is 253 g/mol. The molecule has 0 saturated carbocycles. The summed E-state index contributed by atoms with van der Waals surface area (Å²) in [6, 6.07) is 5.82. The minimum Gasteiger partial charge on any atom is -0.508 e. The maximum absolute atomic E-state index is 11.7. The van der Waals surface area contributed by atoms with Crippen LogP contribution in [0.4, 0.5) is 0 Å². The second-order valence-electron chi connectivity index (χ2n) is 3.33. The zero-order chi connectivity index (χ0) is 12.3. The molecule has 2 N–H and O–H groups in total. The first-order chi connectivity index (χ1) is 8.16. The van der Waals surface area contributed by atoms with Crippen molar-refractivity contribution in [1.82, 2.24) is 10.5 Å². The lowest BCUT2D eigenvalue weighted by atomic mass is 10.2. The summed E-state index contributed by atoms with van der Waals surface area (Å²) in [7, 11) is 0. The number of aromatic hydroxyl groups is 1. The highest BCUT2D eigenvalue weighted by Crippen LogP contribution is 2.20. The van der Waals surface area contributed by atoms with Crippen LogP contribution in [0, 0.1) is 0 Å². The molecule has 0 saturated heterocycles. The van der Waals surface area contributed by atoms with E-state index in [-0.39, 0.29) is 28.8 Å². The lowest BCUT2D eigenvalue weighted by Gasteiger charge is -2.05. The van der Waals surface area contributed by atoms with Crippen molar-refractivity contribution in [2.24, 2.45) is 0 Å². The van der Waals surface area contributed by atoms with Crippen molar-refractivity contribution < 1.29 is 14.4 Å². The first-order valence-electron chi connectivity index (χ1n) is 4.83. The number of amides is 1. The van der Waals surface area contributed by atoms with Crippen molar-refractivity contribution >= 4 is 17.5 Å². The standard InChI is InChI=1S/C11H9ClN2O3/c12-10-2-1-7(15)5-9(10)11(16)13-6-8-3-4-14-17-8/h1-5,15H,6H2,(H,13,16). The molecular weight excluding hydrogens is 244 g/mol. The van der Waals surface area contributed by atoms with E-state index in [1.54, 1.807) is 6.07 Å². The molecule has 0 aliphatic carbocycles. The van der Waals surface area contributed by atoms with Gasteiger partial charge in [0.2, 0.25) is 0 Å². The minimum atomic E-state index is -0.387. The van der Waals surface area contributed by atoms with Crippen LogP contribution in [-0.4, -0.2) is 16.2 Å². The number of phenols is 1. The average Bonchev–Trinajstić information content (AvgIpc) is 2.82. The first-order valence-corrected chi connectivity index (χ1v) is 5.21. The number of carbonyl (C=O) groups is 1. The van der Waals surface area contributed by atoms with Crippen LogP contribution in [0.5, 0.6) is 5.75 Å². The number of carbonyl (C=O) groups excluding carboxylic acids is 1. The van der Waals surface area contributed by atoms with E-state index in [2.05, 4.69) is 10.5 Å². The Bertz CT molecular complexity index is 526. The number of halogens is 1. The third-order valence-corrected chi connectivity index (χ3v) is 2.44. The molecule has 0 aliphatic rings. The maximum Gasteiger partial charge on any atom is 0.253 e. The van der Waals surface area contributed by atoms with E-state index < -0.39 is 0 Å². The summed E-state index contributed by atoms with van der Waals surface area (Å²) in [5.74, 6) is 0.135. The minimum absolute atomic E-state index is 0.0146. The van der Waals surface area contributed by atoms with Crippen LogP contribution in [-0.2, 0) is 6.54 Å². The Balaban J connectivity index is 2.07. The van der Waals surface area contributed by atoms with Gasteiger partial charge in [0.1, 0.15) is 5.75 Å². The molecule has 0 atom stereocenters. The van der Waals surface area contributed by atoms with Crippen LogP contribution in [0.25, 0.3) is 0 Å². The summed E-state index contributed by atoms with van der Waals surface area (Å²) in [4.78, 5) is 11.7. The molecular formula is C11H9ClN2O3. The number of benzene rings is 1. The largest absolute Gasteiger partial charge is 0.508 e. The molecule has 17 heavy (non-hydrogen) atoms. The number of phenolic OH excluding ortho intramolecular Hbond substituents is 1. The van der Waals surface area contributed by atoms with Crippen molar-refractivity contribution in [3.05, 3.63) is 46.8 Å². The molecule has 6 heteroatoms. The molecule has 0 bridgehead atoms. The van der Waals surface area contributed by atoms with Crippen LogP contribution in [0.2, 0.25) is 5.02 Å². The van der Waals surface area contributed by atoms with E-state index in [1.807, 2.05) is 0 Å². The van der Waals surface area contributed by atoms with Gasteiger partial charge >= 0.3 is 0 Å². The number of hydrogen-bond donors (Lipinski definition) is 2. The molecule has 2 aromatic rings. The van der Waals surface area contributed by atoms with Gasteiger partial charge in [-0.05, 0) is 18.2 Å². The lowest BCUT2D eigenvalue weighted by Crippen LogP contribution is -2.22. The van der Waals surface area contributed by atoms with Gasteiger partial charge in [-0.25, -0.2) is 0 Å². The Hall–Kier alpha value is -2.01. The van der Waals surface area contributed by atoms with E-state index in [0.29, 0.717) is 5.76 Å². The molecule has 1 amide bonds. The van der Waals surface area contributed by atoms with Crippen molar-refractivity contribution in [3.63, 3.8) is 0 Å². The summed E-state index contributed by atoms with van der Waals surface area (Å²) in [5.41, 5.74) is 0.214. The highest BCUT2D eigenvalue weighted by Gasteiger charge is 2.11. The van der Waals surface area contributed by atoms with E-state index >= 15 is 0 Å². The highest BCUT2D eigenvalue weighted by molar-refractivity contribution is 6.33. The summed E-state index contributed by atoms with van der Waals surface area (Å²) >= 11 is 5.84. The third-order valence-electron chi connectivity index (χ3n) is 2.11. The van der Waals surface area contributed by atoms with Gasteiger partial charge in [0.05, 0.1) is 23.3 Å². The lowest BCUT2D eigenvalue weighted by molar-refractivity contribution is 0.0947. The zero-order valence-electron chi connectivity index (χ0n) is 8.68. The fraction of sp³-hybridized carbons (Fsp3) is 0.0909. The Morgan fingerprint density at radius 3 is 3.00 bits per heavy atom. The third kappa shape index (κ3) is 2.76. The van der Waals surface area contributed by atoms with Crippen LogP contribution < -0.4 is 5.32 Å². The number of rotatable bonds is 3. The molecule has 1 aromatic heterocycles. The van der Waals surface area contributed by atoms with Crippen molar-refractivity contribution in [3.8, 4) is 5.75 Å². The molecule has 0 fully saturated rings. The topological polar surface area (TPSA) is 75.4 Å². The predicted molar refractivity (Wildman–Crippen MR) is 60.8 cm³/mol. The van der Waals surface area contributed by atoms with Crippen LogP contribution in [0.15, 0.2) is 35.0 Å². The molecule has 5 nitrogen and oxygen atoms in total. The molecule has 0 spiro atoms. The van der Waals surface area contributed by atoms with E-state index in [0.717, 1.165) is 0 Å². The molecule has 0 unspecified atom stereocenters. The smallest absolute Gasteiger partial charge is 0.253 e. The number of nitrogens with zero attached hydrogens (tertiary/aromatic N) is 1. The Morgan fingerprint density at radius 1 is 1.47 bits per heavy atom. The van der Waals surface area contributed by atoms with E-state index in [9.17, 15) is 9.90 Å². The van der Waals surface area contributed by atoms with E-state index in [1.165, 1.54) is 24.4 Å². The molecule has 88 valence electrons. The molecule has 0 aliphatic heterocycles. The van der Waals surface area contributed by atoms with E-state index in [4.69, 9.17) is 16.1 Å². The Morgan fingerprint density at radius 2 is 2.29 bits per heavy atom. The van der Waals surface area contributed by atoms with Gasteiger partial charge in [0.25, 0.3) is 5.91 Å². The number of aromatic nitrogens is 1. The second kappa shape index (κ2) is 4.88. The number of nitrogens with one attached hydrogen (secondary N) is 1. The van der Waals surface area contributed by atoms with Crippen LogP contribution in [0.3, 0.4) is 0 Å². The number of hydrogen-bond acceptors (Lipinski definition) is 4. The Labute approximate surface area is 102 Å². The molecule has 0 radical (unpaired) electrons. The Kier molecular flexibility index (Phi) is 3.30.